The van der Waals surface area contributed by atoms with Crippen LogP contribution in [0.2, 0.25) is 0 Å². The molecule has 23 heavy (non-hydrogen) atoms. The molecular formula is C14H18F2O6S. The zero-order valence-electron chi connectivity index (χ0n) is 12.3. The standard InChI is InChI=1S/C14H18F2O6S/c15-14(16,23(19,20)21)10(17)22-7-11-1-8-2-12(4-11)6-13(18,5-11)3-9(8)12/h8-9,18H,1-7H2,(H,19,20,21). The Labute approximate surface area is 131 Å². The van der Waals surface area contributed by atoms with Crippen LogP contribution < -0.4 is 0 Å². The molecule has 5 rings (SSSR count). The Morgan fingerprint density at radius 3 is 2.57 bits per heavy atom. The first-order chi connectivity index (χ1) is 10.4. The molecule has 0 amide bonds. The van der Waals surface area contributed by atoms with Gasteiger partial charge in [-0.2, -0.15) is 17.2 Å². The Morgan fingerprint density at radius 1 is 1.22 bits per heavy atom. The fourth-order valence-corrected chi connectivity index (χ4v) is 6.54. The Balaban J connectivity index is 1.51. The lowest BCUT2D eigenvalue weighted by atomic mass is 9.41. The molecule has 9 heteroatoms. The molecule has 0 saturated heterocycles. The SMILES string of the molecule is O=C(OCC12CC3CC4(CC(O)(CC34)C1)C2)C(F)(F)S(=O)(=O)O. The van der Waals surface area contributed by atoms with Crippen molar-refractivity contribution in [1.82, 2.24) is 0 Å². The Hall–Kier alpha value is -0.800. The van der Waals surface area contributed by atoms with Gasteiger partial charge >= 0.3 is 21.3 Å². The highest BCUT2D eigenvalue weighted by atomic mass is 32.2. The molecule has 0 aliphatic heterocycles. The summed E-state index contributed by atoms with van der Waals surface area (Å²) in [6, 6.07) is 0. The number of fused-ring (bicyclic) bond motifs is 1. The molecule has 5 saturated carbocycles. The third-order valence-electron chi connectivity index (χ3n) is 6.50. The van der Waals surface area contributed by atoms with Crippen LogP contribution in [0, 0.1) is 22.7 Å². The molecule has 5 unspecified atom stereocenters. The zero-order chi connectivity index (χ0) is 16.9. The number of halogens is 2. The third-order valence-corrected chi connectivity index (χ3v) is 7.32. The van der Waals surface area contributed by atoms with Gasteiger partial charge in [-0.1, -0.05) is 0 Å². The van der Waals surface area contributed by atoms with Crippen LogP contribution in [0.5, 0.6) is 0 Å². The van der Waals surface area contributed by atoms with Crippen molar-refractivity contribution in [3.8, 4) is 0 Å². The molecule has 5 aliphatic carbocycles. The van der Waals surface area contributed by atoms with Crippen LogP contribution in [0.25, 0.3) is 0 Å². The predicted molar refractivity (Wildman–Crippen MR) is 72.0 cm³/mol. The summed E-state index contributed by atoms with van der Waals surface area (Å²) >= 11 is 0. The van der Waals surface area contributed by atoms with Crippen LogP contribution in [-0.2, 0) is 19.6 Å². The number of aliphatic hydroxyl groups is 1. The fraction of sp³-hybridized carbons (Fsp3) is 0.929. The molecule has 0 aromatic carbocycles. The van der Waals surface area contributed by atoms with Crippen LogP contribution in [0.4, 0.5) is 8.78 Å². The zero-order valence-corrected chi connectivity index (χ0v) is 13.1. The third kappa shape index (κ3) is 1.96. The molecule has 0 aromatic heterocycles. The molecule has 5 fully saturated rings. The van der Waals surface area contributed by atoms with E-state index in [1.165, 1.54) is 0 Å². The van der Waals surface area contributed by atoms with Crippen LogP contribution in [-0.4, -0.2) is 41.5 Å². The summed E-state index contributed by atoms with van der Waals surface area (Å²) in [6.07, 6.45) is 4.27. The van der Waals surface area contributed by atoms with Crippen molar-refractivity contribution in [2.45, 2.75) is 49.4 Å². The van der Waals surface area contributed by atoms with Crippen LogP contribution in [0.15, 0.2) is 0 Å². The molecule has 5 atom stereocenters. The second-order valence-corrected chi connectivity index (χ2v) is 9.63. The Morgan fingerprint density at radius 2 is 1.91 bits per heavy atom. The molecule has 5 aliphatic rings. The number of esters is 1. The van der Waals surface area contributed by atoms with Crippen molar-refractivity contribution in [2.24, 2.45) is 22.7 Å². The van der Waals surface area contributed by atoms with E-state index in [0.717, 1.165) is 12.8 Å². The number of hydrogen-bond donors (Lipinski definition) is 2. The van der Waals surface area contributed by atoms with E-state index in [4.69, 9.17) is 4.55 Å². The molecule has 0 aromatic rings. The lowest BCUT2D eigenvalue weighted by molar-refractivity contribution is -0.196. The van der Waals surface area contributed by atoms with Gasteiger partial charge in [0.05, 0.1) is 12.2 Å². The van der Waals surface area contributed by atoms with Gasteiger partial charge in [-0.15, -0.1) is 0 Å². The van der Waals surface area contributed by atoms with Gasteiger partial charge in [-0.05, 0) is 55.8 Å². The maximum absolute atomic E-state index is 13.3. The first kappa shape index (κ1) is 15.7. The number of hydrogen-bond acceptors (Lipinski definition) is 5. The van der Waals surface area contributed by atoms with Crippen LogP contribution in [0.1, 0.15) is 38.5 Å². The van der Waals surface area contributed by atoms with E-state index < -0.39 is 32.4 Å². The molecule has 0 heterocycles. The van der Waals surface area contributed by atoms with Gasteiger partial charge in [-0.3, -0.25) is 4.55 Å². The molecule has 2 N–H and O–H groups in total. The quantitative estimate of drug-likeness (QED) is 0.585. The van der Waals surface area contributed by atoms with Crippen molar-refractivity contribution in [2.75, 3.05) is 6.61 Å². The van der Waals surface area contributed by atoms with Gasteiger partial charge in [0, 0.05) is 5.41 Å². The Kier molecular flexibility index (Phi) is 2.77. The van der Waals surface area contributed by atoms with E-state index in [2.05, 4.69) is 4.74 Å². The van der Waals surface area contributed by atoms with E-state index in [9.17, 15) is 27.1 Å². The van der Waals surface area contributed by atoms with Crippen LogP contribution >= 0.6 is 0 Å². The molecule has 6 nitrogen and oxygen atoms in total. The highest BCUT2D eigenvalue weighted by Crippen LogP contribution is 2.78. The minimum Gasteiger partial charge on any atom is -0.460 e. The summed E-state index contributed by atoms with van der Waals surface area (Å²) in [5.41, 5.74) is -1.35. The number of carbonyl (C=O) groups excluding carboxylic acids is 1. The summed E-state index contributed by atoms with van der Waals surface area (Å²) in [5, 5.41) is 5.72. The largest absolute Gasteiger partial charge is 0.465 e. The second kappa shape index (κ2) is 4.05. The van der Waals surface area contributed by atoms with E-state index >= 15 is 0 Å². The lowest BCUT2D eigenvalue weighted by Crippen LogP contribution is -2.59. The van der Waals surface area contributed by atoms with Crippen molar-refractivity contribution in [3.63, 3.8) is 0 Å². The number of carbonyl (C=O) groups is 1. The molecule has 4 bridgehead atoms. The maximum atomic E-state index is 13.3. The monoisotopic (exact) mass is 352 g/mol. The number of ether oxygens (including phenoxy) is 1. The van der Waals surface area contributed by atoms with Gasteiger partial charge in [0.2, 0.25) is 0 Å². The average molecular weight is 352 g/mol. The summed E-state index contributed by atoms with van der Waals surface area (Å²) in [4.78, 5) is 11.4. The summed E-state index contributed by atoms with van der Waals surface area (Å²) in [6.45, 7) is -0.343. The van der Waals surface area contributed by atoms with Gasteiger partial charge in [-0.25, -0.2) is 4.79 Å². The first-order valence-corrected chi connectivity index (χ1v) is 9.09. The van der Waals surface area contributed by atoms with Crippen molar-refractivity contribution >= 4 is 16.1 Å². The fourth-order valence-electron chi connectivity index (χ4n) is 6.27. The smallest absolute Gasteiger partial charge is 0.460 e. The molecule has 1 spiro atoms. The first-order valence-electron chi connectivity index (χ1n) is 7.65. The van der Waals surface area contributed by atoms with Gasteiger partial charge in [0.25, 0.3) is 0 Å². The van der Waals surface area contributed by atoms with E-state index in [0.29, 0.717) is 37.5 Å². The molecule has 0 radical (unpaired) electrons. The van der Waals surface area contributed by atoms with Crippen molar-refractivity contribution in [1.29, 1.82) is 0 Å². The Bertz CT molecular complexity index is 689. The average Bonchev–Trinajstić information content (AvgIpc) is 2.51. The molecule has 130 valence electrons. The van der Waals surface area contributed by atoms with Gasteiger partial charge < -0.3 is 9.84 Å². The van der Waals surface area contributed by atoms with Gasteiger partial charge in [0.15, 0.2) is 0 Å². The van der Waals surface area contributed by atoms with Crippen LogP contribution in [0.3, 0.4) is 0 Å². The van der Waals surface area contributed by atoms with E-state index in [-0.39, 0.29) is 12.0 Å². The summed E-state index contributed by atoms with van der Waals surface area (Å²) in [5.74, 6) is -1.37. The number of alkyl halides is 2. The highest BCUT2D eigenvalue weighted by Gasteiger charge is 2.73. The lowest BCUT2D eigenvalue weighted by Gasteiger charge is -2.64. The molecular weight excluding hydrogens is 334 g/mol. The van der Waals surface area contributed by atoms with E-state index in [1.807, 2.05) is 0 Å². The predicted octanol–water partition coefficient (Wildman–Crippen LogP) is 1.34. The highest BCUT2D eigenvalue weighted by molar-refractivity contribution is 7.87. The maximum Gasteiger partial charge on any atom is 0.465 e. The normalized spacial score (nSPS) is 47.3. The second-order valence-electron chi connectivity index (χ2n) is 8.16. The topological polar surface area (TPSA) is 101 Å². The summed E-state index contributed by atoms with van der Waals surface area (Å²) < 4.78 is 60.8. The summed E-state index contributed by atoms with van der Waals surface area (Å²) in [7, 11) is -5.85. The minimum atomic E-state index is -5.85. The number of rotatable bonds is 4. The van der Waals surface area contributed by atoms with E-state index in [1.54, 1.807) is 0 Å². The van der Waals surface area contributed by atoms with Gasteiger partial charge in [0.1, 0.15) is 0 Å². The van der Waals surface area contributed by atoms with Crippen molar-refractivity contribution < 1.29 is 36.4 Å². The van der Waals surface area contributed by atoms with Crippen molar-refractivity contribution in [3.05, 3.63) is 0 Å². The minimum absolute atomic E-state index is 0.0356.